The van der Waals surface area contributed by atoms with E-state index in [2.05, 4.69) is 0 Å². The van der Waals surface area contributed by atoms with Gasteiger partial charge in [0.15, 0.2) is 6.73 Å². The number of nitrogens with zero attached hydrogens (tertiary/aromatic N) is 2. The van der Waals surface area contributed by atoms with Crippen LogP contribution < -0.4 is 17.0 Å². The van der Waals surface area contributed by atoms with Crippen molar-refractivity contribution in [2.45, 2.75) is 58.4 Å². The lowest BCUT2D eigenvalue weighted by molar-refractivity contribution is -0.150. The van der Waals surface area contributed by atoms with Crippen molar-refractivity contribution in [1.29, 1.82) is 0 Å². The van der Waals surface area contributed by atoms with Gasteiger partial charge in [0.1, 0.15) is 25.2 Å². The van der Waals surface area contributed by atoms with Gasteiger partial charge >= 0.3 is 11.7 Å². The Labute approximate surface area is 172 Å². The third-order valence-electron chi connectivity index (χ3n) is 4.65. The van der Waals surface area contributed by atoms with Crippen LogP contribution in [0.3, 0.4) is 0 Å². The van der Waals surface area contributed by atoms with E-state index in [-0.39, 0.29) is 25.7 Å². The summed E-state index contributed by atoms with van der Waals surface area (Å²) in [6.45, 7) is 4.86. The van der Waals surface area contributed by atoms with Crippen LogP contribution in [0.2, 0.25) is 0 Å². The Kier molecular flexibility index (Phi) is 8.67. The second-order valence-corrected chi connectivity index (χ2v) is 7.18. The lowest BCUT2D eigenvalue weighted by Crippen LogP contribution is -2.44. The largest absolute Gasteiger partial charge is 0.442 e. The van der Waals surface area contributed by atoms with Crippen molar-refractivity contribution in [2.75, 3.05) is 20.0 Å². The molecule has 0 amide bonds. The van der Waals surface area contributed by atoms with Crippen molar-refractivity contribution >= 4 is 5.97 Å². The van der Waals surface area contributed by atoms with E-state index in [1.807, 2.05) is 0 Å². The maximum Gasteiger partial charge on any atom is 0.336 e. The Morgan fingerprint density at radius 3 is 2.73 bits per heavy atom. The molecule has 0 bridgehead atoms. The molecule has 1 aromatic heterocycles. The monoisotopic (exact) mass is 433 g/mol. The molecule has 4 atom stereocenters. The molecule has 0 spiro atoms. The second kappa shape index (κ2) is 10.8. The maximum atomic E-state index is 14.1. The lowest BCUT2D eigenvalue weighted by atomic mass is 10.1. The van der Waals surface area contributed by atoms with E-state index in [9.17, 15) is 23.9 Å². The summed E-state index contributed by atoms with van der Waals surface area (Å²) in [7, 11) is 0. The van der Waals surface area contributed by atoms with Crippen LogP contribution in [0, 0.1) is 11.7 Å². The van der Waals surface area contributed by atoms with Crippen LogP contribution in [-0.4, -0.2) is 58.5 Å². The van der Waals surface area contributed by atoms with Gasteiger partial charge in [0.05, 0.1) is 18.9 Å². The predicted octanol–water partition coefficient (Wildman–Crippen LogP) is -0.708. The number of esters is 1. The van der Waals surface area contributed by atoms with E-state index in [0.29, 0.717) is 17.4 Å². The molecule has 1 aliphatic rings. The first-order chi connectivity index (χ1) is 14.2. The highest BCUT2D eigenvalue weighted by atomic mass is 19.1. The van der Waals surface area contributed by atoms with Crippen molar-refractivity contribution in [3.8, 4) is 0 Å². The number of aliphatic hydroxyl groups is 1. The maximum absolute atomic E-state index is 14.1. The van der Waals surface area contributed by atoms with E-state index >= 15 is 0 Å². The molecule has 12 heteroatoms. The molecule has 30 heavy (non-hydrogen) atoms. The average molecular weight is 433 g/mol. The Bertz CT molecular complexity index is 840. The molecule has 170 valence electrons. The van der Waals surface area contributed by atoms with Crippen LogP contribution in [0.25, 0.3) is 0 Å². The van der Waals surface area contributed by atoms with Crippen LogP contribution in [-0.2, 0) is 30.5 Å². The van der Waals surface area contributed by atoms with E-state index in [1.54, 1.807) is 20.8 Å². The number of carbonyl (C=O) groups excluding carboxylic acids is 1. The van der Waals surface area contributed by atoms with Crippen LogP contribution in [0.5, 0.6) is 0 Å². The van der Waals surface area contributed by atoms with Gasteiger partial charge in [0, 0.05) is 13.0 Å². The van der Waals surface area contributed by atoms with Gasteiger partial charge in [0.25, 0.3) is 5.56 Å². The van der Waals surface area contributed by atoms with Crippen LogP contribution in [0.1, 0.15) is 33.4 Å². The molecule has 2 rings (SSSR count). The SMILES string of the molecule is CCOCOC[C@H]1O[C@@H](n2cc(F)c(=O)n(COC(=O)[C@H](N)C(C)C)c2=O)C[C@@H]1O. The van der Waals surface area contributed by atoms with Crippen LogP contribution >= 0.6 is 0 Å². The van der Waals surface area contributed by atoms with Gasteiger partial charge in [-0.3, -0.25) is 14.2 Å². The molecule has 0 aliphatic carbocycles. The molecule has 1 fully saturated rings. The normalized spacial score (nSPS) is 22.4. The standard InChI is InChI=1S/C18H28FN3O8/c1-4-27-9-28-7-13-12(23)5-14(30-13)21-6-11(19)16(24)22(18(21)26)8-29-17(25)15(20)10(2)3/h6,10,12-15,23H,4-5,7-9,20H2,1-3H3/t12-,13+,14+,15+/m0/s1. The Morgan fingerprint density at radius 2 is 2.10 bits per heavy atom. The summed E-state index contributed by atoms with van der Waals surface area (Å²) in [5.41, 5.74) is 3.45. The molecular formula is C18H28FN3O8. The number of aliphatic hydroxyl groups excluding tert-OH is 1. The number of rotatable bonds is 10. The first kappa shape index (κ1) is 24.2. The van der Waals surface area contributed by atoms with Crippen molar-refractivity contribution in [3.05, 3.63) is 32.9 Å². The number of carbonyl (C=O) groups is 1. The Morgan fingerprint density at radius 1 is 1.40 bits per heavy atom. The summed E-state index contributed by atoms with van der Waals surface area (Å²) in [5, 5.41) is 10.1. The molecule has 3 N–H and O–H groups in total. The van der Waals surface area contributed by atoms with Gasteiger partial charge in [-0.05, 0) is 12.8 Å². The summed E-state index contributed by atoms with van der Waals surface area (Å²) in [4.78, 5) is 36.6. The van der Waals surface area contributed by atoms with Crippen LogP contribution in [0.15, 0.2) is 15.8 Å². The zero-order valence-electron chi connectivity index (χ0n) is 17.2. The fraction of sp³-hybridized carbons (Fsp3) is 0.722. The van der Waals surface area contributed by atoms with E-state index in [4.69, 9.17) is 24.7 Å². The number of aromatic nitrogens is 2. The number of nitrogens with two attached hydrogens (primary N) is 1. The summed E-state index contributed by atoms with van der Waals surface area (Å²) >= 11 is 0. The minimum absolute atomic E-state index is 0.000752. The lowest BCUT2D eigenvalue weighted by Gasteiger charge is -2.18. The van der Waals surface area contributed by atoms with Crippen LogP contribution in [0.4, 0.5) is 4.39 Å². The van der Waals surface area contributed by atoms with Crippen molar-refractivity contribution in [2.24, 2.45) is 11.7 Å². The fourth-order valence-corrected chi connectivity index (χ4v) is 2.75. The highest BCUT2D eigenvalue weighted by Gasteiger charge is 2.36. The zero-order chi connectivity index (χ0) is 22.4. The second-order valence-electron chi connectivity index (χ2n) is 7.18. The number of ether oxygens (including phenoxy) is 4. The van der Waals surface area contributed by atoms with Gasteiger partial charge < -0.3 is 29.8 Å². The summed E-state index contributed by atoms with van der Waals surface area (Å²) in [5.74, 6) is -2.30. The van der Waals surface area contributed by atoms with Gasteiger partial charge in [-0.2, -0.15) is 4.39 Å². The third-order valence-corrected chi connectivity index (χ3v) is 4.65. The van der Waals surface area contributed by atoms with Crippen molar-refractivity contribution in [3.63, 3.8) is 0 Å². The molecule has 0 unspecified atom stereocenters. The summed E-state index contributed by atoms with van der Waals surface area (Å²) in [6.07, 6.45) is -2.12. The summed E-state index contributed by atoms with van der Waals surface area (Å²) < 4.78 is 36.1. The highest BCUT2D eigenvalue weighted by Crippen LogP contribution is 2.27. The van der Waals surface area contributed by atoms with E-state index in [1.165, 1.54) is 0 Å². The molecule has 1 aromatic rings. The molecular weight excluding hydrogens is 405 g/mol. The van der Waals surface area contributed by atoms with E-state index < -0.39 is 54.2 Å². The van der Waals surface area contributed by atoms with Crippen molar-refractivity contribution in [1.82, 2.24) is 9.13 Å². The smallest absolute Gasteiger partial charge is 0.336 e. The van der Waals surface area contributed by atoms with Gasteiger partial charge in [0.2, 0.25) is 5.82 Å². The number of hydrogen-bond acceptors (Lipinski definition) is 9. The zero-order valence-corrected chi connectivity index (χ0v) is 17.2. The van der Waals surface area contributed by atoms with E-state index in [0.717, 1.165) is 4.57 Å². The minimum atomic E-state index is -1.25. The first-order valence-corrected chi connectivity index (χ1v) is 9.60. The average Bonchev–Trinajstić information content (AvgIpc) is 3.07. The molecule has 11 nitrogen and oxygen atoms in total. The van der Waals surface area contributed by atoms with Crippen molar-refractivity contribution < 1.29 is 33.2 Å². The first-order valence-electron chi connectivity index (χ1n) is 9.60. The number of hydrogen-bond donors (Lipinski definition) is 2. The molecule has 0 aromatic carbocycles. The fourth-order valence-electron chi connectivity index (χ4n) is 2.75. The summed E-state index contributed by atoms with van der Waals surface area (Å²) in [6, 6.07) is -0.956. The molecule has 1 saturated heterocycles. The predicted molar refractivity (Wildman–Crippen MR) is 101 cm³/mol. The molecule has 1 aliphatic heterocycles. The molecule has 0 radical (unpaired) electrons. The Balaban J connectivity index is 2.15. The molecule has 2 heterocycles. The van der Waals surface area contributed by atoms with Gasteiger partial charge in [-0.15, -0.1) is 0 Å². The molecule has 0 saturated carbocycles. The topological polar surface area (TPSA) is 144 Å². The highest BCUT2D eigenvalue weighted by molar-refractivity contribution is 5.75. The third kappa shape index (κ3) is 5.73. The minimum Gasteiger partial charge on any atom is -0.442 e. The number of halogens is 1. The Hall–Kier alpha value is -2.12. The van der Waals surface area contributed by atoms with Gasteiger partial charge in [-0.1, -0.05) is 13.8 Å². The quantitative estimate of drug-likeness (QED) is 0.278. The van der Waals surface area contributed by atoms with Gasteiger partial charge in [-0.25, -0.2) is 9.36 Å².